The van der Waals surface area contributed by atoms with Crippen LogP contribution in [0.3, 0.4) is 0 Å². The highest BCUT2D eigenvalue weighted by Crippen LogP contribution is 2.46. The van der Waals surface area contributed by atoms with Crippen LogP contribution < -0.4 is 0 Å². The van der Waals surface area contributed by atoms with Crippen LogP contribution >= 0.6 is 0 Å². The molecule has 1 aliphatic carbocycles. The lowest BCUT2D eigenvalue weighted by Gasteiger charge is -2.45. The lowest BCUT2D eigenvalue weighted by atomic mass is 9.61. The smallest absolute Gasteiger partial charge is 0.0991 e. The maximum Gasteiger partial charge on any atom is 0.0991 e. The first-order valence-electron chi connectivity index (χ1n) is 9.17. The van der Waals surface area contributed by atoms with E-state index in [4.69, 9.17) is 5.26 Å². The van der Waals surface area contributed by atoms with E-state index in [9.17, 15) is 5.11 Å². The Hall–Kier alpha value is -2.37. The van der Waals surface area contributed by atoms with Gasteiger partial charge in [-0.15, -0.1) is 0 Å². The van der Waals surface area contributed by atoms with Gasteiger partial charge in [0.2, 0.25) is 0 Å². The minimum atomic E-state index is -0.344. The molecule has 0 heterocycles. The van der Waals surface area contributed by atoms with E-state index < -0.39 is 0 Å². The fraction of sp³-hybridized carbons (Fsp3) is 0.375. The second-order valence-electron chi connectivity index (χ2n) is 8.65. The van der Waals surface area contributed by atoms with Crippen LogP contribution in [0.15, 0.2) is 42.5 Å². The number of nitriles is 1. The molecule has 26 heavy (non-hydrogen) atoms. The van der Waals surface area contributed by atoms with Gasteiger partial charge in [-0.3, -0.25) is 0 Å². The van der Waals surface area contributed by atoms with E-state index in [2.05, 4.69) is 65.0 Å². The summed E-state index contributed by atoms with van der Waals surface area (Å²) in [7, 11) is 0. The maximum atomic E-state index is 10.7. The van der Waals surface area contributed by atoms with E-state index in [1.54, 1.807) is 0 Å². The molecule has 0 saturated heterocycles. The van der Waals surface area contributed by atoms with E-state index in [-0.39, 0.29) is 16.9 Å². The first-order valence-corrected chi connectivity index (χ1v) is 9.17. The highest BCUT2D eigenvalue weighted by atomic mass is 16.3. The summed E-state index contributed by atoms with van der Waals surface area (Å²) in [5.41, 5.74) is 6.40. The average Bonchev–Trinajstić information content (AvgIpc) is 2.60. The van der Waals surface area contributed by atoms with Crippen molar-refractivity contribution in [2.75, 3.05) is 0 Å². The van der Waals surface area contributed by atoms with Gasteiger partial charge in [-0.05, 0) is 58.7 Å². The normalized spacial score (nSPS) is 21.0. The van der Waals surface area contributed by atoms with E-state index in [0.717, 1.165) is 12.0 Å². The molecule has 0 amide bonds. The molecule has 0 aromatic heterocycles. The number of hydrogen-bond donors (Lipinski definition) is 1. The molecular formula is C24H27NO. The first kappa shape index (κ1) is 18.4. The number of fused-ring (bicyclic) bond motifs is 1. The molecule has 0 radical (unpaired) electrons. The number of allylic oxidation sites excluding steroid dienone is 1. The third kappa shape index (κ3) is 3.20. The van der Waals surface area contributed by atoms with E-state index in [1.807, 2.05) is 24.3 Å². The third-order valence-electron chi connectivity index (χ3n) is 5.86. The van der Waals surface area contributed by atoms with E-state index in [1.165, 1.54) is 22.3 Å². The zero-order valence-corrected chi connectivity index (χ0v) is 16.3. The Morgan fingerprint density at radius 1 is 1.08 bits per heavy atom. The number of rotatable bonds is 2. The fourth-order valence-corrected chi connectivity index (χ4v) is 3.93. The van der Waals surface area contributed by atoms with Gasteiger partial charge in [0.1, 0.15) is 0 Å². The van der Waals surface area contributed by atoms with Crippen LogP contribution in [0.4, 0.5) is 0 Å². The van der Waals surface area contributed by atoms with Gasteiger partial charge in [0.05, 0.1) is 17.7 Å². The molecule has 2 aromatic carbocycles. The molecule has 0 saturated carbocycles. The molecule has 3 rings (SSSR count). The Morgan fingerprint density at radius 2 is 1.73 bits per heavy atom. The number of aliphatic hydroxyl groups is 1. The molecule has 1 atom stereocenters. The van der Waals surface area contributed by atoms with Crippen molar-refractivity contribution < 1.29 is 5.11 Å². The summed E-state index contributed by atoms with van der Waals surface area (Å²) in [6.45, 7) is 10.8. The molecule has 1 unspecified atom stereocenters. The van der Waals surface area contributed by atoms with Crippen LogP contribution in [0.1, 0.15) is 68.9 Å². The van der Waals surface area contributed by atoms with Crippen LogP contribution in [-0.4, -0.2) is 11.2 Å². The molecule has 2 aromatic rings. The van der Waals surface area contributed by atoms with Crippen molar-refractivity contribution in [2.45, 2.75) is 58.0 Å². The summed E-state index contributed by atoms with van der Waals surface area (Å²) in [4.78, 5) is 0. The van der Waals surface area contributed by atoms with Crippen LogP contribution in [0.2, 0.25) is 0 Å². The standard InChI is InChI=1S/C24H27NO/c1-16(12-17-6-8-18(15-25)9-7-17)19-10-11-20-21(13-19)24(4,5)22(26)14-23(20,2)3/h6-13,22,26H,14H2,1-5H3. The van der Waals surface area contributed by atoms with Crippen molar-refractivity contribution in [3.8, 4) is 6.07 Å². The number of aliphatic hydroxyl groups excluding tert-OH is 1. The van der Waals surface area contributed by atoms with Crippen molar-refractivity contribution in [1.82, 2.24) is 0 Å². The van der Waals surface area contributed by atoms with Crippen LogP contribution in [-0.2, 0) is 10.8 Å². The lowest BCUT2D eigenvalue weighted by molar-refractivity contribution is 0.0583. The van der Waals surface area contributed by atoms with Gasteiger partial charge in [-0.25, -0.2) is 0 Å². The van der Waals surface area contributed by atoms with Crippen molar-refractivity contribution in [1.29, 1.82) is 5.26 Å². The Kier molecular flexibility index (Phi) is 4.54. The molecule has 0 aliphatic heterocycles. The predicted octanol–water partition coefficient (Wildman–Crippen LogP) is 5.44. The first-order chi connectivity index (χ1) is 12.1. The molecular weight excluding hydrogens is 318 g/mol. The molecule has 2 heteroatoms. The summed E-state index contributed by atoms with van der Waals surface area (Å²) < 4.78 is 0. The van der Waals surface area contributed by atoms with E-state index >= 15 is 0 Å². The summed E-state index contributed by atoms with van der Waals surface area (Å²) >= 11 is 0. The van der Waals surface area contributed by atoms with Crippen LogP contribution in [0.5, 0.6) is 0 Å². The number of hydrogen-bond acceptors (Lipinski definition) is 2. The summed E-state index contributed by atoms with van der Waals surface area (Å²) in [5.74, 6) is 0. The van der Waals surface area contributed by atoms with Crippen LogP contribution in [0, 0.1) is 11.3 Å². The van der Waals surface area contributed by atoms with Gasteiger partial charge in [0.25, 0.3) is 0 Å². The molecule has 0 fully saturated rings. The summed E-state index contributed by atoms with van der Waals surface area (Å²) in [6.07, 6.45) is 2.58. The van der Waals surface area contributed by atoms with Crippen molar-refractivity contribution >= 4 is 11.6 Å². The topological polar surface area (TPSA) is 44.0 Å². The predicted molar refractivity (Wildman–Crippen MR) is 108 cm³/mol. The SMILES string of the molecule is CC(=Cc1ccc(C#N)cc1)c1ccc2c(c1)C(C)(C)C(O)CC2(C)C. The molecule has 134 valence electrons. The van der Waals surface area contributed by atoms with Gasteiger partial charge in [0.15, 0.2) is 0 Å². The monoisotopic (exact) mass is 345 g/mol. The summed E-state index contributed by atoms with van der Waals surface area (Å²) in [5, 5.41) is 19.6. The van der Waals surface area contributed by atoms with Gasteiger partial charge < -0.3 is 5.11 Å². The van der Waals surface area contributed by atoms with Crippen molar-refractivity contribution in [3.63, 3.8) is 0 Å². The molecule has 1 aliphatic rings. The number of benzene rings is 2. The van der Waals surface area contributed by atoms with Gasteiger partial charge in [-0.2, -0.15) is 5.26 Å². The van der Waals surface area contributed by atoms with Crippen molar-refractivity contribution in [2.24, 2.45) is 0 Å². The Balaban J connectivity index is 2.03. The van der Waals surface area contributed by atoms with Crippen molar-refractivity contribution in [3.05, 3.63) is 70.3 Å². The fourth-order valence-electron chi connectivity index (χ4n) is 3.93. The van der Waals surface area contributed by atoms with E-state index in [0.29, 0.717) is 5.56 Å². The molecule has 2 nitrogen and oxygen atoms in total. The van der Waals surface area contributed by atoms with Crippen LogP contribution in [0.25, 0.3) is 11.6 Å². The second-order valence-corrected chi connectivity index (χ2v) is 8.65. The minimum absolute atomic E-state index is 0.0203. The number of nitrogens with zero attached hydrogens (tertiary/aromatic N) is 1. The third-order valence-corrected chi connectivity index (χ3v) is 5.86. The quantitative estimate of drug-likeness (QED) is 0.737. The zero-order valence-electron chi connectivity index (χ0n) is 16.3. The minimum Gasteiger partial charge on any atom is -0.392 e. The average molecular weight is 345 g/mol. The molecule has 0 bridgehead atoms. The van der Waals surface area contributed by atoms with Gasteiger partial charge in [-0.1, -0.05) is 64.1 Å². The Morgan fingerprint density at radius 3 is 2.35 bits per heavy atom. The summed E-state index contributed by atoms with van der Waals surface area (Å²) in [6, 6.07) is 16.4. The lowest BCUT2D eigenvalue weighted by Crippen LogP contribution is -2.45. The zero-order chi connectivity index (χ0) is 19.1. The highest BCUT2D eigenvalue weighted by molar-refractivity contribution is 5.81. The Labute approximate surface area is 156 Å². The Bertz CT molecular complexity index is 895. The maximum absolute atomic E-state index is 10.7. The van der Waals surface area contributed by atoms with Gasteiger partial charge in [0, 0.05) is 5.41 Å². The molecule has 1 N–H and O–H groups in total. The largest absolute Gasteiger partial charge is 0.392 e. The van der Waals surface area contributed by atoms with Gasteiger partial charge >= 0.3 is 0 Å². The second kappa shape index (κ2) is 6.41. The highest BCUT2D eigenvalue weighted by Gasteiger charge is 2.43. The molecule has 0 spiro atoms.